The summed E-state index contributed by atoms with van der Waals surface area (Å²) in [6.07, 6.45) is 1.30. The quantitative estimate of drug-likeness (QED) is 0.502. The predicted molar refractivity (Wildman–Crippen MR) is 110 cm³/mol. The van der Waals surface area contributed by atoms with E-state index in [0.29, 0.717) is 23.5 Å². The minimum atomic E-state index is -0.848. The molecule has 0 saturated carbocycles. The van der Waals surface area contributed by atoms with E-state index in [0.717, 1.165) is 28.7 Å². The van der Waals surface area contributed by atoms with Gasteiger partial charge in [-0.05, 0) is 37.6 Å². The van der Waals surface area contributed by atoms with Crippen molar-refractivity contribution in [2.75, 3.05) is 5.32 Å². The lowest BCUT2D eigenvalue weighted by molar-refractivity contribution is -0.139. The molecule has 2 aromatic heterocycles. The van der Waals surface area contributed by atoms with Gasteiger partial charge in [-0.15, -0.1) is 0 Å². The number of carboxylic acids is 1. The fourth-order valence-corrected chi connectivity index (χ4v) is 3.66. The number of nitrogens with zero attached hydrogens (tertiary/aromatic N) is 3. The van der Waals surface area contributed by atoms with Crippen molar-refractivity contribution in [2.45, 2.75) is 32.6 Å². The fourth-order valence-electron chi connectivity index (χ4n) is 3.66. The minimum absolute atomic E-state index is 0.535. The number of rotatable bonds is 6. The molecule has 0 fully saturated rings. The summed E-state index contributed by atoms with van der Waals surface area (Å²) in [6, 6.07) is 17.5. The molecule has 0 spiro atoms. The van der Waals surface area contributed by atoms with Crippen LogP contribution in [0.2, 0.25) is 0 Å². The number of fused-ring (bicyclic) bond motifs is 3. The summed E-state index contributed by atoms with van der Waals surface area (Å²) in [7, 11) is 0. The van der Waals surface area contributed by atoms with Crippen LogP contribution in [0.25, 0.3) is 16.6 Å². The minimum Gasteiger partial charge on any atom is -0.481 e. The number of anilines is 2. The van der Waals surface area contributed by atoms with Gasteiger partial charge in [-0.3, -0.25) is 4.79 Å². The number of carboxylic acid groups (broad SMARTS) is 1. The largest absolute Gasteiger partial charge is 0.481 e. The van der Waals surface area contributed by atoms with Gasteiger partial charge in [0, 0.05) is 22.3 Å². The zero-order chi connectivity index (χ0) is 19.7. The summed E-state index contributed by atoms with van der Waals surface area (Å²) in [5.41, 5.74) is 3.80. The van der Waals surface area contributed by atoms with Crippen molar-refractivity contribution in [1.82, 2.24) is 14.6 Å². The van der Waals surface area contributed by atoms with Crippen molar-refractivity contribution in [3.05, 3.63) is 65.9 Å². The third-order valence-corrected chi connectivity index (χ3v) is 4.94. The smallest absolute Gasteiger partial charge is 0.311 e. The van der Waals surface area contributed by atoms with Crippen molar-refractivity contribution in [1.29, 1.82) is 0 Å². The number of para-hydroxylation sites is 1. The molecule has 2 aromatic carbocycles. The molecule has 2 heterocycles. The first-order valence-corrected chi connectivity index (χ1v) is 9.43. The van der Waals surface area contributed by atoms with Crippen LogP contribution in [0.15, 0.2) is 54.6 Å². The van der Waals surface area contributed by atoms with Gasteiger partial charge in [0.1, 0.15) is 5.82 Å². The van der Waals surface area contributed by atoms with E-state index in [2.05, 4.69) is 5.32 Å². The Morgan fingerprint density at radius 3 is 2.57 bits per heavy atom. The summed E-state index contributed by atoms with van der Waals surface area (Å²) in [6.45, 7) is 3.86. The van der Waals surface area contributed by atoms with Crippen LogP contribution in [0.3, 0.4) is 0 Å². The molecular formula is C22H22N4O2. The van der Waals surface area contributed by atoms with Crippen LogP contribution < -0.4 is 5.32 Å². The standard InChI is InChI=1S/C22H22N4O2/c1-3-9-17(22(27)28)19-14(2)23-20-16-12-7-8-13-18(16)25-26(20)21(19)24-15-10-5-4-6-11-15/h4-8,10-13,17,24H,3,9H2,1-2H3,(H,27,28). The van der Waals surface area contributed by atoms with Gasteiger partial charge in [-0.25, -0.2) is 4.98 Å². The van der Waals surface area contributed by atoms with Gasteiger partial charge in [-0.1, -0.05) is 43.7 Å². The third-order valence-electron chi connectivity index (χ3n) is 4.94. The second-order valence-corrected chi connectivity index (χ2v) is 6.88. The molecule has 4 rings (SSSR count). The summed E-state index contributed by atoms with van der Waals surface area (Å²) in [4.78, 5) is 16.8. The molecule has 1 atom stereocenters. The molecule has 28 heavy (non-hydrogen) atoms. The van der Waals surface area contributed by atoms with E-state index >= 15 is 0 Å². The van der Waals surface area contributed by atoms with E-state index in [9.17, 15) is 9.90 Å². The van der Waals surface area contributed by atoms with Gasteiger partial charge < -0.3 is 10.4 Å². The molecule has 4 aromatic rings. The van der Waals surface area contributed by atoms with Crippen LogP contribution in [-0.2, 0) is 4.79 Å². The molecule has 0 aliphatic rings. The molecule has 0 saturated heterocycles. The lowest BCUT2D eigenvalue weighted by Gasteiger charge is -2.20. The van der Waals surface area contributed by atoms with Crippen LogP contribution >= 0.6 is 0 Å². The monoisotopic (exact) mass is 374 g/mol. The molecule has 6 nitrogen and oxygen atoms in total. The Morgan fingerprint density at radius 1 is 1.14 bits per heavy atom. The molecule has 142 valence electrons. The summed E-state index contributed by atoms with van der Waals surface area (Å²) < 4.78 is 1.74. The Labute approximate surface area is 162 Å². The normalized spacial score (nSPS) is 12.4. The first kappa shape index (κ1) is 18.0. The van der Waals surface area contributed by atoms with Crippen molar-refractivity contribution in [3.63, 3.8) is 0 Å². The Bertz CT molecular complexity index is 1150. The molecule has 0 amide bonds. The van der Waals surface area contributed by atoms with Crippen LogP contribution in [-0.4, -0.2) is 25.7 Å². The van der Waals surface area contributed by atoms with Crippen LogP contribution in [0, 0.1) is 6.92 Å². The van der Waals surface area contributed by atoms with Gasteiger partial charge in [0.15, 0.2) is 5.65 Å². The maximum absolute atomic E-state index is 12.1. The summed E-state index contributed by atoms with van der Waals surface area (Å²) >= 11 is 0. The zero-order valence-electron chi connectivity index (χ0n) is 15.9. The Morgan fingerprint density at radius 2 is 1.86 bits per heavy atom. The Kier molecular flexibility index (Phi) is 4.69. The first-order valence-electron chi connectivity index (χ1n) is 9.43. The van der Waals surface area contributed by atoms with E-state index in [1.165, 1.54) is 0 Å². The summed E-state index contributed by atoms with van der Waals surface area (Å²) in [5.74, 6) is -0.843. The zero-order valence-corrected chi connectivity index (χ0v) is 15.9. The SMILES string of the molecule is CCCC(C(=O)O)c1c(C)nc2c3ccccc3nn2c1Nc1ccccc1. The number of carbonyl (C=O) groups is 1. The maximum atomic E-state index is 12.1. The van der Waals surface area contributed by atoms with Crippen LogP contribution in [0.4, 0.5) is 11.5 Å². The van der Waals surface area contributed by atoms with E-state index in [1.54, 1.807) is 4.52 Å². The van der Waals surface area contributed by atoms with E-state index in [1.807, 2.05) is 68.4 Å². The van der Waals surface area contributed by atoms with Crippen LogP contribution in [0.1, 0.15) is 36.9 Å². The molecule has 0 radical (unpaired) electrons. The highest BCUT2D eigenvalue weighted by Gasteiger charge is 2.28. The summed E-state index contributed by atoms with van der Waals surface area (Å²) in [5, 5.41) is 19.0. The third kappa shape index (κ3) is 3.07. The second kappa shape index (κ2) is 7.31. The molecule has 0 bridgehead atoms. The Hall–Kier alpha value is -3.41. The number of aryl methyl sites for hydroxylation is 1. The average molecular weight is 374 g/mol. The number of hydrogen-bond donors (Lipinski definition) is 2. The number of benzene rings is 2. The maximum Gasteiger partial charge on any atom is 0.311 e. The highest BCUT2D eigenvalue weighted by molar-refractivity contribution is 5.93. The lowest BCUT2D eigenvalue weighted by atomic mass is 9.93. The molecule has 0 aliphatic carbocycles. The number of aromatic nitrogens is 3. The van der Waals surface area contributed by atoms with Crippen molar-refractivity contribution in [2.24, 2.45) is 0 Å². The lowest BCUT2D eigenvalue weighted by Crippen LogP contribution is -2.18. The Balaban J connectivity index is 2.03. The van der Waals surface area contributed by atoms with Gasteiger partial charge in [0.25, 0.3) is 0 Å². The molecule has 2 N–H and O–H groups in total. The average Bonchev–Trinajstić information content (AvgIpc) is 3.06. The van der Waals surface area contributed by atoms with Gasteiger partial charge in [0.05, 0.1) is 11.4 Å². The highest BCUT2D eigenvalue weighted by Crippen LogP contribution is 2.35. The molecular weight excluding hydrogens is 352 g/mol. The fraction of sp³-hybridized carbons (Fsp3) is 0.227. The van der Waals surface area contributed by atoms with E-state index in [4.69, 9.17) is 10.1 Å². The van der Waals surface area contributed by atoms with Crippen molar-refractivity contribution >= 4 is 34.0 Å². The molecule has 0 aliphatic heterocycles. The second-order valence-electron chi connectivity index (χ2n) is 6.88. The number of aliphatic carboxylic acids is 1. The van der Waals surface area contributed by atoms with Gasteiger partial charge in [-0.2, -0.15) is 9.61 Å². The first-order chi connectivity index (χ1) is 13.6. The van der Waals surface area contributed by atoms with Crippen LogP contribution in [0.5, 0.6) is 0 Å². The number of nitrogens with one attached hydrogen (secondary N) is 1. The molecule has 1 unspecified atom stereocenters. The number of hydrogen-bond acceptors (Lipinski definition) is 4. The van der Waals surface area contributed by atoms with Crippen molar-refractivity contribution < 1.29 is 9.90 Å². The van der Waals surface area contributed by atoms with E-state index in [-0.39, 0.29) is 0 Å². The topological polar surface area (TPSA) is 79.5 Å². The van der Waals surface area contributed by atoms with E-state index < -0.39 is 11.9 Å². The van der Waals surface area contributed by atoms with Gasteiger partial charge >= 0.3 is 5.97 Å². The molecule has 6 heteroatoms. The predicted octanol–water partition coefficient (Wildman–Crippen LogP) is 4.90. The highest BCUT2D eigenvalue weighted by atomic mass is 16.4. The van der Waals surface area contributed by atoms with Crippen molar-refractivity contribution in [3.8, 4) is 0 Å². The van der Waals surface area contributed by atoms with Gasteiger partial charge in [0.2, 0.25) is 0 Å².